The summed E-state index contributed by atoms with van der Waals surface area (Å²) in [6.07, 6.45) is -3.73. The number of primary amides is 1. The predicted octanol–water partition coefficient (Wildman–Crippen LogP) is -0.700. The Morgan fingerprint density at radius 1 is 1.33 bits per heavy atom. The van der Waals surface area contributed by atoms with Crippen LogP contribution < -0.4 is 5.73 Å². The summed E-state index contributed by atoms with van der Waals surface area (Å²) in [7, 11) is 0. The molecule has 0 atom stereocenters. The lowest BCUT2D eigenvalue weighted by molar-refractivity contribution is -0.146. The summed E-state index contributed by atoms with van der Waals surface area (Å²) < 4.78 is 37.7. The number of amides is 2. The second kappa shape index (κ2) is 6.24. The third-order valence-corrected chi connectivity index (χ3v) is 2.25. The van der Waals surface area contributed by atoms with Gasteiger partial charge in [-0.3, -0.25) is 19.1 Å². The zero-order chi connectivity index (χ0) is 16.2. The summed E-state index contributed by atoms with van der Waals surface area (Å²) in [5, 5.41) is 11.7. The molecule has 0 aliphatic rings. The first kappa shape index (κ1) is 16.5. The van der Waals surface area contributed by atoms with E-state index in [2.05, 4.69) is 5.10 Å². The zero-order valence-corrected chi connectivity index (χ0v) is 10.5. The SMILES string of the molecule is NC(=O)CN(CC(=O)O)C(=O)Cn1ccc(C(F)(F)F)n1. The lowest BCUT2D eigenvalue weighted by atomic mass is 10.4. The van der Waals surface area contributed by atoms with Gasteiger partial charge in [0.25, 0.3) is 0 Å². The number of carboxylic acids is 1. The predicted molar refractivity (Wildman–Crippen MR) is 60.6 cm³/mol. The Morgan fingerprint density at radius 2 is 1.95 bits per heavy atom. The molecule has 0 unspecified atom stereocenters. The van der Waals surface area contributed by atoms with E-state index in [9.17, 15) is 27.6 Å². The van der Waals surface area contributed by atoms with E-state index in [1.54, 1.807) is 0 Å². The summed E-state index contributed by atoms with van der Waals surface area (Å²) in [5.74, 6) is -3.23. The van der Waals surface area contributed by atoms with Crippen molar-refractivity contribution in [3.05, 3.63) is 18.0 Å². The monoisotopic (exact) mass is 308 g/mol. The molecule has 0 saturated carbocycles. The molecular weight excluding hydrogens is 297 g/mol. The molecule has 0 spiro atoms. The number of carbonyl (C=O) groups is 3. The van der Waals surface area contributed by atoms with Gasteiger partial charge in [-0.05, 0) is 6.07 Å². The van der Waals surface area contributed by atoms with Crippen LogP contribution in [0.3, 0.4) is 0 Å². The van der Waals surface area contributed by atoms with Gasteiger partial charge in [-0.15, -0.1) is 0 Å². The van der Waals surface area contributed by atoms with E-state index < -0.39 is 49.3 Å². The number of aliphatic carboxylic acids is 1. The Morgan fingerprint density at radius 3 is 2.38 bits per heavy atom. The zero-order valence-electron chi connectivity index (χ0n) is 10.5. The fraction of sp³-hybridized carbons (Fsp3) is 0.400. The maximum atomic E-state index is 12.3. The Kier molecular flexibility index (Phi) is 4.89. The van der Waals surface area contributed by atoms with Gasteiger partial charge < -0.3 is 15.7 Å². The number of rotatable bonds is 6. The molecule has 1 rings (SSSR count). The van der Waals surface area contributed by atoms with Gasteiger partial charge in [0.05, 0.1) is 6.54 Å². The summed E-state index contributed by atoms with van der Waals surface area (Å²) in [4.78, 5) is 33.7. The van der Waals surface area contributed by atoms with Crippen molar-refractivity contribution in [1.82, 2.24) is 14.7 Å². The molecule has 0 bridgehead atoms. The number of carbonyl (C=O) groups excluding carboxylic acids is 2. The van der Waals surface area contributed by atoms with E-state index >= 15 is 0 Å². The van der Waals surface area contributed by atoms with Gasteiger partial charge in [0.1, 0.15) is 13.1 Å². The van der Waals surface area contributed by atoms with Crippen molar-refractivity contribution >= 4 is 17.8 Å². The summed E-state index contributed by atoms with van der Waals surface area (Å²) >= 11 is 0. The average molecular weight is 308 g/mol. The van der Waals surface area contributed by atoms with Crippen molar-refractivity contribution in [2.24, 2.45) is 5.73 Å². The Balaban J connectivity index is 2.79. The van der Waals surface area contributed by atoms with Crippen LogP contribution in [-0.2, 0) is 27.1 Å². The highest BCUT2D eigenvalue weighted by Crippen LogP contribution is 2.27. The Hall–Kier alpha value is -2.59. The van der Waals surface area contributed by atoms with Crippen molar-refractivity contribution < 1.29 is 32.7 Å². The van der Waals surface area contributed by atoms with Gasteiger partial charge >= 0.3 is 12.1 Å². The molecule has 0 aliphatic carbocycles. The van der Waals surface area contributed by atoms with Gasteiger partial charge in [-0.25, -0.2) is 0 Å². The number of hydrogen-bond acceptors (Lipinski definition) is 4. The molecule has 0 saturated heterocycles. The summed E-state index contributed by atoms with van der Waals surface area (Å²) in [6.45, 7) is -2.09. The fourth-order valence-electron chi connectivity index (χ4n) is 1.42. The third kappa shape index (κ3) is 5.12. The molecule has 1 heterocycles. The standard InChI is InChI=1S/C10H11F3N4O4/c11-10(12,13)6-1-2-17(15-6)4-8(19)16(3-7(14)18)5-9(20)21/h1-2H,3-5H2,(H2,14,18)(H,20,21). The van der Waals surface area contributed by atoms with Gasteiger partial charge in [-0.1, -0.05) is 0 Å². The maximum Gasteiger partial charge on any atom is 0.435 e. The minimum Gasteiger partial charge on any atom is -0.480 e. The smallest absolute Gasteiger partial charge is 0.435 e. The van der Waals surface area contributed by atoms with Crippen LogP contribution in [0, 0.1) is 0 Å². The van der Waals surface area contributed by atoms with Crippen molar-refractivity contribution in [2.75, 3.05) is 13.1 Å². The number of alkyl halides is 3. The molecule has 116 valence electrons. The molecule has 1 aromatic heterocycles. The van der Waals surface area contributed by atoms with Crippen LogP contribution in [0.4, 0.5) is 13.2 Å². The minimum atomic E-state index is -4.65. The third-order valence-electron chi connectivity index (χ3n) is 2.25. The number of nitrogens with two attached hydrogens (primary N) is 1. The fourth-order valence-corrected chi connectivity index (χ4v) is 1.42. The van der Waals surface area contributed by atoms with Crippen LogP contribution in [0.25, 0.3) is 0 Å². The van der Waals surface area contributed by atoms with Crippen LogP contribution in [0.2, 0.25) is 0 Å². The minimum absolute atomic E-state index is 0.611. The first-order valence-corrected chi connectivity index (χ1v) is 5.48. The van der Waals surface area contributed by atoms with Crippen molar-refractivity contribution in [2.45, 2.75) is 12.7 Å². The molecule has 2 amide bonds. The van der Waals surface area contributed by atoms with E-state index in [-0.39, 0.29) is 0 Å². The highest BCUT2D eigenvalue weighted by atomic mass is 19.4. The largest absolute Gasteiger partial charge is 0.480 e. The van der Waals surface area contributed by atoms with Crippen LogP contribution in [0.1, 0.15) is 5.69 Å². The molecule has 11 heteroatoms. The molecule has 21 heavy (non-hydrogen) atoms. The molecular formula is C10H11F3N4O4. The molecule has 3 N–H and O–H groups in total. The topological polar surface area (TPSA) is 119 Å². The normalized spacial score (nSPS) is 11.2. The molecule has 0 aromatic carbocycles. The van der Waals surface area contributed by atoms with Gasteiger partial charge in [0, 0.05) is 6.20 Å². The van der Waals surface area contributed by atoms with E-state index in [1.165, 1.54) is 0 Å². The highest BCUT2D eigenvalue weighted by Gasteiger charge is 2.33. The van der Waals surface area contributed by atoms with Gasteiger partial charge in [0.15, 0.2) is 5.69 Å². The van der Waals surface area contributed by atoms with Crippen LogP contribution in [-0.4, -0.2) is 50.7 Å². The van der Waals surface area contributed by atoms with Crippen LogP contribution in [0.15, 0.2) is 12.3 Å². The van der Waals surface area contributed by atoms with Crippen molar-refractivity contribution in [3.63, 3.8) is 0 Å². The average Bonchev–Trinajstić information content (AvgIpc) is 2.74. The van der Waals surface area contributed by atoms with Crippen LogP contribution in [0.5, 0.6) is 0 Å². The highest BCUT2D eigenvalue weighted by molar-refractivity contribution is 5.86. The number of halogens is 3. The summed E-state index contributed by atoms with van der Waals surface area (Å²) in [5.41, 5.74) is 3.68. The molecule has 0 fully saturated rings. The number of aromatic nitrogens is 2. The molecule has 1 aromatic rings. The van der Waals surface area contributed by atoms with Crippen LogP contribution >= 0.6 is 0 Å². The van der Waals surface area contributed by atoms with E-state index in [4.69, 9.17) is 10.8 Å². The first-order valence-electron chi connectivity index (χ1n) is 5.48. The summed E-state index contributed by atoms with van der Waals surface area (Å²) in [6, 6.07) is 0.670. The molecule has 0 aliphatic heterocycles. The van der Waals surface area contributed by atoms with E-state index in [0.717, 1.165) is 6.20 Å². The van der Waals surface area contributed by atoms with Crippen molar-refractivity contribution in [3.8, 4) is 0 Å². The first-order chi connectivity index (χ1) is 9.59. The van der Waals surface area contributed by atoms with Crippen molar-refractivity contribution in [1.29, 1.82) is 0 Å². The quantitative estimate of drug-likeness (QED) is 0.720. The van der Waals surface area contributed by atoms with E-state index in [0.29, 0.717) is 15.6 Å². The van der Waals surface area contributed by atoms with Gasteiger partial charge in [0.2, 0.25) is 11.8 Å². The number of carboxylic acid groups (broad SMARTS) is 1. The number of hydrogen-bond donors (Lipinski definition) is 2. The molecule has 0 radical (unpaired) electrons. The maximum absolute atomic E-state index is 12.3. The molecule has 8 nitrogen and oxygen atoms in total. The van der Waals surface area contributed by atoms with E-state index in [1.807, 2.05) is 0 Å². The second-order valence-electron chi connectivity index (χ2n) is 4.01. The Labute approximate surface area is 115 Å². The van der Waals surface area contributed by atoms with Gasteiger partial charge in [-0.2, -0.15) is 18.3 Å². The second-order valence-corrected chi connectivity index (χ2v) is 4.01. The lowest BCUT2D eigenvalue weighted by Crippen LogP contribution is -2.43. The number of nitrogens with zero attached hydrogens (tertiary/aromatic N) is 3. The lowest BCUT2D eigenvalue weighted by Gasteiger charge is -2.18. The Bertz CT molecular complexity index is 539.